The van der Waals surface area contributed by atoms with Crippen LogP contribution in [0.4, 0.5) is 5.69 Å². The highest BCUT2D eigenvalue weighted by Crippen LogP contribution is 2.13. The van der Waals surface area contributed by atoms with E-state index in [4.69, 9.17) is 11.6 Å². The number of hydrogen-bond acceptors (Lipinski definition) is 2. The van der Waals surface area contributed by atoms with Crippen molar-refractivity contribution in [2.45, 2.75) is 13.3 Å². The third-order valence-corrected chi connectivity index (χ3v) is 3.05. The molecule has 0 atom stereocenters. The fourth-order valence-corrected chi connectivity index (χ4v) is 1.78. The minimum absolute atomic E-state index is 0.721. The highest BCUT2D eigenvalue weighted by Gasteiger charge is 1.93. The van der Waals surface area contributed by atoms with Crippen molar-refractivity contribution in [2.75, 3.05) is 5.43 Å². The normalized spacial score (nSPS) is 11.8. The van der Waals surface area contributed by atoms with Crippen LogP contribution in [0.2, 0.25) is 5.02 Å². The van der Waals surface area contributed by atoms with Gasteiger partial charge in [0, 0.05) is 5.02 Å². The van der Waals surface area contributed by atoms with Gasteiger partial charge >= 0.3 is 0 Å². The van der Waals surface area contributed by atoms with Crippen LogP contribution in [-0.4, -0.2) is 5.71 Å². The van der Waals surface area contributed by atoms with Gasteiger partial charge in [0.15, 0.2) is 0 Å². The van der Waals surface area contributed by atoms with Gasteiger partial charge in [-0.25, -0.2) is 0 Å². The van der Waals surface area contributed by atoms with Crippen LogP contribution in [0.15, 0.2) is 65.8 Å². The summed E-state index contributed by atoms with van der Waals surface area (Å²) in [5, 5.41) is 5.12. The third-order valence-electron chi connectivity index (χ3n) is 2.80. The Morgan fingerprint density at radius 1 is 1.10 bits per heavy atom. The van der Waals surface area contributed by atoms with E-state index >= 15 is 0 Å². The predicted octanol–water partition coefficient (Wildman–Crippen LogP) is 5.23. The first-order valence-electron chi connectivity index (χ1n) is 6.59. The summed E-state index contributed by atoms with van der Waals surface area (Å²) in [5.41, 5.74) is 6.12. The van der Waals surface area contributed by atoms with Crippen LogP contribution >= 0.6 is 11.6 Å². The Hall–Kier alpha value is -2.06. The van der Waals surface area contributed by atoms with Crippen LogP contribution in [0.3, 0.4) is 0 Å². The van der Waals surface area contributed by atoms with Crippen LogP contribution in [0.1, 0.15) is 18.9 Å². The van der Waals surface area contributed by atoms with E-state index in [1.54, 1.807) is 0 Å². The molecule has 2 nitrogen and oxygen atoms in total. The van der Waals surface area contributed by atoms with Crippen LogP contribution in [0.25, 0.3) is 6.08 Å². The maximum atomic E-state index is 5.84. The number of rotatable bonds is 5. The molecule has 0 amide bonds. The van der Waals surface area contributed by atoms with Gasteiger partial charge in [-0.05, 0) is 42.3 Å². The molecule has 1 N–H and O–H groups in total. The van der Waals surface area contributed by atoms with E-state index in [0.717, 1.165) is 22.8 Å². The van der Waals surface area contributed by atoms with Crippen molar-refractivity contribution >= 4 is 29.1 Å². The Balaban J connectivity index is 2.02. The van der Waals surface area contributed by atoms with E-state index in [1.807, 2.05) is 48.5 Å². The summed E-state index contributed by atoms with van der Waals surface area (Å²) in [7, 11) is 0. The number of nitrogens with one attached hydrogen (secondary N) is 1. The molecule has 102 valence electrons. The Morgan fingerprint density at radius 3 is 2.45 bits per heavy atom. The maximum Gasteiger partial charge on any atom is 0.0604 e. The monoisotopic (exact) mass is 284 g/mol. The summed E-state index contributed by atoms with van der Waals surface area (Å²) in [6, 6.07) is 17.7. The Morgan fingerprint density at radius 2 is 1.80 bits per heavy atom. The summed E-state index contributed by atoms with van der Waals surface area (Å²) < 4.78 is 0. The molecule has 20 heavy (non-hydrogen) atoms. The Kier molecular flexibility index (Phi) is 5.39. The molecule has 0 fully saturated rings. The number of anilines is 1. The molecule has 0 saturated carbocycles. The molecule has 0 saturated heterocycles. The molecule has 2 rings (SSSR count). The largest absolute Gasteiger partial charge is 0.278 e. The quantitative estimate of drug-likeness (QED) is 0.590. The first-order valence-corrected chi connectivity index (χ1v) is 6.97. The summed E-state index contributed by atoms with van der Waals surface area (Å²) in [5.74, 6) is 0. The second-order valence-corrected chi connectivity index (χ2v) is 4.76. The zero-order chi connectivity index (χ0) is 14.2. The molecule has 2 aromatic carbocycles. The van der Waals surface area contributed by atoms with Gasteiger partial charge in [-0.3, -0.25) is 5.43 Å². The van der Waals surface area contributed by atoms with E-state index < -0.39 is 0 Å². The van der Waals surface area contributed by atoms with Gasteiger partial charge in [-0.2, -0.15) is 5.10 Å². The van der Waals surface area contributed by atoms with Crippen molar-refractivity contribution in [3.05, 3.63) is 71.3 Å². The molecular formula is C17H17ClN2. The molecule has 0 spiro atoms. The lowest BCUT2D eigenvalue weighted by Gasteiger charge is -2.02. The molecule has 0 aliphatic carbocycles. The summed E-state index contributed by atoms with van der Waals surface area (Å²) in [4.78, 5) is 0. The fourth-order valence-electron chi connectivity index (χ4n) is 1.65. The van der Waals surface area contributed by atoms with E-state index in [1.165, 1.54) is 5.56 Å². The van der Waals surface area contributed by atoms with E-state index in [9.17, 15) is 0 Å². The van der Waals surface area contributed by atoms with Gasteiger partial charge in [0.25, 0.3) is 0 Å². The summed E-state index contributed by atoms with van der Waals surface area (Å²) in [6.07, 6.45) is 4.95. The molecule has 3 heteroatoms. The van der Waals surface area contributed by atoms with Crippen molar-refractivity contribution < 1.29 is 0 Å². The average Bonchev–Trinajstić information content (AvgIpc) is 2.50. The van der Waals surface area contributed by atoms with Gasteiger partial charge in [0.1, 0.15) is 0 Å². The first-order chi connectivity index (χ1) is 9.78. The molecule has 0 unspecified atom stereocenters. The van der Waals surface area contributed by atoms with Gasteiger partial charge in [0.05, 0.1) is 11.4 Å². The van der Waals surface area contributed by atoms with Crippen molar-refractivity contribution in [1.29, 1.82) is 0 Å². The molecule has 0 heterocycles. The minimum atomic E-state index is 0.721. The van der Waals surface area contributed by atoms with Crippen molar-refractivity contribution in [1.82, 2.24) is 0 Å². The lowest BCUT2D eigenvalue weighted by Crippen LogP contribution is -1.97. The van der Waals surface area contributed by atoms with Crippen LogP contribution in [0.5, 0.6) is 0 Å². The summed E-state index contributed by atoms with van der Waals surface area (Å²) >= 11 is 5.84. The van der Waals surface area contributed by atoms with E-state index in [0.29, 0.717) is 0 Å². The number of allylic oxidation sites excluding steroid dienone is 1. The Bertz CT molecular complexity index is 586. The third kappa shape index (κ3) is 4.56. The van der Waals surface area contributed by atoms with Crippen LogP contribution in [0, 0.1) is 0 Å². The highest BCUT2D eigenvalue weighted by molar-refractivity contribution is 6.30. The molecular weight excluding hydrogens is 268 g/mol. The molecule has 2 aromatic rings. The predicted molar refractivity (Wildman–Crippen MR) is 88.3 cm³/mol. The number of hydrazone groups is 1. The van der Waals surface area contributed by atoms with Gasteiger partial charge < -0.3 is 0 Å². The number of halogens is 1. The topological polar surface area (TPSA) is 24.4 Å². The number of nitrogens with zero attached hydrogens (tertiary/aromatic N) is 1. The lowest BCUT2D eigenvalue weighted by molar-refractivity contribution is 1.23. The highest BCUT2D eigenvalue weighted by atomic mass is 35.5. The second-order valence-electron chi connectivity index (χ2n) is 4.32. The second kappa shape index (κ2) is 7.51. The molecule has 0 aromatic heterocycles. The van der Waals surface area contributed by atoms with Crippen LogP contribution in [-0.2, 0) is 0 Å². The molecule has 0 aliphatic rings. The van der Waals surface area contributed by atoms with E-state index in [-0.39, 0.29) is 0 Å². The first kappa shape index (κ1) is 14.4. The van der Waals surface area contributed by atoms with Gasteiger partial charge in [0.2, 0.25) is 0 Å². The van der Waals surface area contributed by atoms with Crippen molar-refractivity contribution in [3.8, 4) is 0 Å². The average molecular weight is 285 g/mol. The maximum absolute atomic E-state index is 5.84. The lowest BCUT2D eigenvalue weighted by atomic mass is 10.2. The Labute approximate surface area is 124 Å². The fraction of sp³-hybridized carbons (Fsp3) is 0.118. The number of benzene rings is 2. The smallest absolute Gasteiger partial charge is 0.0604 e. The van der Waals surface area contributed by atoms with Crippen molar-refractivity contribution in [3.63, 3.8) is 0 Å². The zero-order valence-electron chi connectivity index (χ0n) is 11.4. The SMILES string of the molecule is CCC(/C=C\c1ccccc1)=N\Nc1ccc(Cl)cc1. The zero-order valence-corrected chi connectivity index (χ0v) is 12.1. The molecule has 0 bridgehead atoms. The van der Waals surface area contributed by atoms with Crippen LogP contribution < -0.4 is 5.43 Å². The standard InChI is InChI=1S/C17H17ClN2/c1-2-16(11-8-14-6-4-3-5-7-14)19-20-17-12-9-15(18)10-13-17/h3-13,20H,2H2,1H3/b11-8-,19-16+. The van der Waals surface area contributed by atoms with E-state index in [2.05, 4.69) is 35.7 Å². The van der Waals surface area contributed by atoms with Gasteiger partial charge in [-0.15, -0.1) is 0 Å². The van der Waals surface area contributed by atoms with Crippen molar-refractivity contribution in [2.24, 2.45) is 5.10 Å². The number of hydrogen-bond donors (Lipinski definition) is 1. The summed E-state index contributed by atoms with van der Waals surface area (Å²) in [6.45, 7) is 2.08. The minimum Gasteiger partial charge on any atom is -0.278 e. The van der Waals surface area contributed by atoms with Gasteiger partial charge in [-0.1, -0.05) is 54.9 Å². The molecule has 0 radical (unpaired) electrons. The molecule has 0 aliphatic heterocycles.